The normalized spacial score (nSPS) is 23.2. The summed E-state index contributed by atoms with van der Waals surface area (Å²) >= 11 is 0. The third kappa shape index (κ3) is 3.52. The van der Waals surface area contributed by atoms with E-state index in [1.54, 1.807) is 11.1 Å². The summed E-state index contributed by atoms with van der Waals surface area (Å²) in [5, 5.41) is 3.95. The smallest absolute Gasteiger partial charge is 0.321 e. The van der Waals surface area contributed by atoms with Crippen LogP contribution in [0.15, 0.2) is 36.5 Å². The van der Waals surface area contributed by atoms with E-state index in [1.807, 2.05) is 30.3 Å². The Balaban J connectivity index is 1.38. The number of piperazine rings is 1. The molecular weight excluding hydrogens is 352 g/mol. The molecule has 26 heavy (non-hydrogen) atoms. The Hall–Kier alpha value is -2.19. The minimum Gasteiger partial charge on any atom is -0.322 e. The van der Waals surface area contributed by atoms with Crippen molar-refractivity contribution in [2.75, 3.05) is 43.0 Å². The predicted molar refractivity (Wildman–Crippen MR) is 101 cm³/mol. The van der Waals surface area contributed by atoms with E-state index in [1.165, 1.54) is 0 Å². The fraction of sp³-hybridized carbons (Fsp3) is 0.444. The molecule has 0 radical (unpaired) electrons. The number of hydrogen-bond donors (Lipinski definition) is 1. The van der Waals surface area contributed by atoms with Crippen molar-refractivity contribution in [1.82, 2.24) is 14.8 Å². The fourth-order valence-electron chi connectivity index (χ4n) is 3.75. The summed E-state index contributed by atoms with van der Waals surface area (Å²) in [5.74, 6) is 0.535. The highest BCUT2D eigenvalue weighted by atomic mass is 32.2. The molecule has 1 atom stereocenters. The van der Waals surface area contributed by atoms with Gasteiger partial charge in [0.2, 0.25) is 0 Å². The van der Waals surface area contributed by atoms with E-state index in [0.29, 0.717) is 38.3 Å². The lowest BCUT2D eigenvalue weighted by Gasteiger charge is -2.37. The first-order valence-corrected chi connectivity index (χ1v) is 10.7. The maximum absolute atomic E-state index is 12.6. The van der Waals surface area contributed by atoms with Crippen LogP contribution in [0.1, 0.15) is 6.42 Å². The molecule has 0 bridgehead atoms. The molecule has 1 aromatic heterocycles. The number of anilines is 1. The first-order valence-electron chi connectivity index (χ1n) is 8.86. The van der Waals surface area contributed by atoms with Crippen molar-refractivity contribution in [3.8, 4) is 0 Å². The van der Waals surface area contributed by atoms with Gasteiger partial charge in [0.1, 0.15) is 0 Å². The number of carbonyl (C=O) groups is 1. The van der Waals surface area contributed by atoms with Crippen molar-refractivity contribution in [1.29, 1.82) is 0 Å². The summed E-state index contributed by atoms with van der Waals surface area (Å²) < 4.78 is 23.3. The molecule has 1 unspecified atom stereocenters. The summed E-state index contributed by atoms with van der Waals surface area (Å²) in [6.45, 7) is 2.62. The number of benzene rings is 1. The molecule has 138 valence electrons. The average Bonchev–Trinajstić information content (AvgIpc) is 3.02. The summed E-state index contributed by atoms with van der Waals surface area (Å²) in [5.41, 5.74) is 1.48. The van der Waals surface area contributed by atoms with Crippen LogP contribution in [0.3, 0.4) is 0 Å². The highest BCUT2D eigenvalue weighted by molar-refractivity contribution is 7.91. The Morgan fingerprint density at radius 3 is 2.62 bits per heavy atom. The molecule has 2 fully saturated rings. The van der Waals surface area contributed by atoms with Gasteiger partial charge in [0.15, 0.2) is 9.84 Å². The summed E-state index contributed by atoms with van der Waals surface area (Å²) in [6, 6.07) is 9.52. The molecular formula is C18H22N4O3S. The van der Waals surface area contributed by atoms with E-state index in [0.717, 1.165) is 10.9 Å². The zero-order chi connectivity index (χ0) is 18.1. The Kier molecular flexibility index (Phi) is 4.54. The molecule has 4 rings (SSSR count). The number of fused-ring (bicyclic) bond motifs is 1. The minimum absolute atomic E-state index is 0.104. The van der Waals surface area contributed by atoms with Gasteiger partial charge in [-0.15, -0.1) is 0 Å². The molecule has 8 heteroatoms. The van der Waals surface area contributed by atoms with Crippen molar-refractivity contribution < 1.29 is 13.2 Å². The Morgan fingerprint density at radius 1 is 1.12 bits per heavy atom. The van der Waals surface area contributed by atoms with Crippen molar-refractivity contribution in [2.45, 2.75) is 12.5 Å². The number of aromatic nitrogens is 1. The molecule has 1 aromatic carbocycles. The minimum atomic E-state index is -2.88. The predicted octanol–water partition coefficient (Wildman–Crippen LogP) is 1.57. The van der Waals surface area contributed by atoms with Crippen LogP contribution in [0.2, 0.25) is 0 Å². The number of hydrogen-bond acceptors (Lipinski definition) is 5. The van der Waals surface area contributed by atoms with Gasteiger partial charge in [-0.05, 0) is 18.6 Å². The number of pyridine rings is 1. The lowest BCUT2D eigenvalue weighted by molar-refractivity contribution is 0.121. The number of carbonyl (C=O) groups excluding carboxylic acids is 1. The lowest BCUT2D eigenvalue weighted by Crippen LogP contribution is -2.53. The van der Waals surface area contributed by atoms with Gasteiger partial charge < -0.3 is 10.2 Å². The second-order valence-corrected chi connectivity index (χ2v) is 9.12. The molecule has 2 aliphatic heterocycles. The number of nitrogens with one attached hydrogen (secondary N) is 1. The molecule has 2 saturated heterocycles. The Morgan fingerprint density at radius 2 is 1.88 bits per heavy atom. The highest BCUT2D eigenvalue weighted by Crippen LogP contribution is 2.22. The van der Waals surface area contributed by atoms with E-state index >= 15 is 0 Å². The van der Waals surface area contributed by atoms with E-state index in [2.05, 4.69) is 15.2 Å². The van der Waals surface area contributed by atoms with Gasteiger partial charge >= 0.3 is 6.03 Å². The number of urea groups is 1. The van der Waals surface area contributed by atoms with Crippen molar-refractivity contribution in [3.05, 3.63) is 36.5 Å². The van der Waals surface area contributed by atoms with Crippen LogP contribution in [0.4, 0.5) is 10.5 Å². The van der Waals surface area contributed by atoms with E-state index in [-0.39, 0.29) is 23.6 Å². The van der Waals surface area contributed by atoms with Crippen molar-refractivity contribution >= 4 is 32.5 Å². The summed E-state index contributed by atoms with van der Waals surface area (Å²) in [7, 11) is -2.88. The average molecular weight is 374 g/mol. The summed E-state index contributed by atoms with van der Waals surface area (Å²) in [4.78, 5) is 21.0. The number of rotatable bonds is 2. The van der Waals surface area contributed by atoms with Crippen LogP contribution in [0, 0.1) is 0 Å². The second kappa shape index (κ2) is 6.85. The van der Waals surface area contributed by atoms with Gasteiger partial charge in [-0.25, -0.2) is 13.2 Å². The van der Waals surface area contributed by atoms with Crippen LogP contribution < -0.4 is 5.32 Å². The van der Waals surface area contributed by atoms with Crippen LogP contribution >= 0.6 is 0 Å². The van der Waals surface area contributed by atoms with Crippen LogP contribution in [0.25, 0.3) is 10.9 Å². The Bertz CT molecular complexity index is 918. The zero-order valence-corrected chi connectivity index (χ0v) is 15.3. The van der Waals surface area contributed by atoms with E-state index < -0.39 is 9.84 Å². The van der Waals surface area contributed by atoms with Gasteiger partial charge in [-0.3, -0.25) is 9.88 Å². The molecule has 3 heterocycles. The third-order valence-corrected chi connectivity index (χ3v) is 6.95. The van der Waals surface area contributed by atoms with Gasteiger partial charge in [0.05, 0.1) is 22.7 Å². The standard InChI is InChI=1S/C18H22N4O3S/c23-18(20-16-5-1-3-14-4-2-7-19-17(14)16)22-10-8-21(9-11-22)15-6-12-26(24,25)13-15/h1-5,7,15H,6,8-13H2,(H,20,23). The van der Waals surface area contributed by atoms with E-state index in [9.17, 15) is 13.2 Å². The SMILES string of the molecule is O=C(Nc1cccc2cccnc12)N1CCN(C2CCS(=O)(=O)C2)CC1. The van der Waals surface area contributed by atoms with Crippen molar-refractivity contribution in [2.24, 2.45) is 0 Å². The number of sulfone groups is 1. The highest BCUT2D eigenvalue weighted by Gasteiger charge is 2.34. The second-order valence-electron chi connectivity index (χ2n) is 6.89. The topological polar surface area (TPSA) is 82.6 Å². The lowest BCUT2D eigenvalue weighted by atomic mass is 10.2. The fourth-order valence-corrected chi connectivity index (χ4v) is 5.51. The summed E-state index contributed by atoms with van der Waals surface area (Å²) in [6.07, 6.45) is 2.42. The van der Waals surface area contributed by atoms with Gasteiger partial charge in [-0.1, -0.05) is 18.2 Å². The van der Waals surface area contributed by atoms with Gasteiger partial charge in [-0.2, -0.15) is 0 Å². The number of amides is 2. The van der Waals surface area contributed by atoms with Crippen LogP contribution in [0.5, 0.6) is 0 Å². The molecule has 0 aliphatic carbocycles. The molecule has 2 aromatic rings. The monoisotopic (exact) mass is 374 g/mol. The molecule has 0 saturated carbocycles. The van der Waals surface area contributed by atoms with Crippen LogP contribution in [-0.4, -0.2) is 73.0 Å². The largest absolute Gasteiger partial charge is 0.322 e. The van der Waals surface area contributed by atoms with E-state index in [4.69, 9.17) is 0 Å². The first-order chi connectivity index (χ1) is 12.5. The maximum Gasteiger partial charge on any atom is 0.321 e. The number of para-hydroxylation sites is 1. The Labute approximate surface area is 152 Å². The van der Waals surface area contributed by atoms with Crippen LogP contribution in [-0.2, 0) is 9.84 Å². The quantitative estimate of drug-likeness (QED) is 0.863. The third-order valence-electron chi connectivity index (χ3n) is 5.20. The molecule has 2 amide bonds. The molecule has 2 aliphatic rings. The molecule has 0 spiro atoms. The zero-order valence-electron chi connectivity index (χ0n) is 14.5. The number of nitrogens with zero attached hydrogens (tertiary/aromatic N) is 3. The van der Waals surface area contributed by atoms with Crippen molar-refractivity contribution in [3.63, 3.8) is 0 Å². The molecule has 1 N–H and O–H groups in total. The van der Waals surface area contributed by atoms with Gasteiger partial charge in [0.25, 0.3) is 0 Å². The van der Waals surface area contributed by atoms with Gasteiger partial charge in [0, 0.05) is 43.8 Å². The first kappa shape index (κ1) is 17.2. The maximum atomic E-state index is 12.6. The molecule has 7 nitrogen and oxygen atoms in total.